The first-order valence-electron chi connectivity index (χ1n) is 5.35. The number of amides is 1. The largest absolute Gasteiger partial charge is 0.320 e. The number of unbranched alkanes of at least 4 members (excludes halogenated alkanes) is 4. The fourth-order valence-electron chi connectivity index (χ4n) is 1.21. The van der Waals surface area contributed by atoms with Crippen molar-refractivity contribution in [2.75, 3.05) is 6.54 Å². The Morgan fingerprint density at radius 2 is 1.93 bits per heavy atom. The summed E-state index contributed by atoms with van der Waals surface area (Å²) in [5.41, 5.74) is 5.34. The van der Waals surface area contributed by atoms with Gasteiger partial charge in [0.15, 0.2) is 0 Å². The second-order valence-electron chi connectivity index (χ2n) is 3.66. The van der Waals surface area contributed by atoms with Gasteiger partial charge in [-0.15, -0.1) is 0 Å². The number of hydrogen-bond donors (Lipinski definition) is 2. The molecule has 0 aromatic carbocycles. The molecule has 0 aliphatic carbocycles. The van der Waals surface area contributed by atoms with Crippen molar-refractivity contribution < 1.29 is 10.0 Å². The van der Waals surface area contributed by atoms with Crippen LogP contribution in [-0.4, -0.2) is 28.8 Å². The van der Waals surface area contributed by atoms with Crippen molar-refractivity contribution in [3.63, 3.8) is 0 Å². The molecule has 4 heteroatoms. The van der Waals surface area contributed by atoms with Gasteiger partial charge in [0.1, 0.15) is 0 Å². The van der Waals surface area contributed by atoms with Crippen molar-refractivity contribution in [2.24, 2.45) is 5.73 Å². The molecule has 1 atom stereocenters. The number of nitrogens with two attached hydrogens (primary N) is 1. The van der Waals surface area contributed by atoms with Crippen LogP contribution in [-0.2, 0) is 4.79 Å². The van der Waals surface area contributed by atoms with Crippen molar-refractivity contribution in [2.45, 2.75) is 52.0 Å². The van der Waals surface area contributed by atoms with E-state index in [1.54, 1.807) is 6.92 Å². The van der Waals surface area contributed by atoms with Crippen molar-refractivity contribution >= 4 is 5.91 Å². The predicted molar refractivity (Wildman–Crippen MR) is 55.9 cm³/mol. The number of carbonyl (C=O) groups is 1. The molecule has 4 nitrogen and oxygen atoms in total. The summed E-state index contributed by atoms with van der Waals surface area (Å²) in [6.45, 7) is 4.12. The predicted octanol–water partition coefficient (Wildman–Crippen LogP) is 1.52. The third-order valence-corrected chi connectivity index (χ3v) is 2.12. The molecular formula is C10H22N2O2. The van der Waals surface area contributed by atoms with E-state index in [9.17, 15) is 10.0 Å². The normalized spacial score (nSPS) is 12.6. The summed E-state index contributed by atoms with van der Waals surface area (Å²) in [6.07, 6.45) is 5.47. The Morgan fingerprint density at radius 1 is 1.36 bits per heavy atom. The van der Waals surface area contributed by atoms with Gasteiger partial charge in [0.05, 0.1) is 6.04 Å². The van der Waals surface area contributed by atoms with Crippen LogP contribution in [0.5, 0.6) is 0 Å². The van der Waals surface area contributed by atoms with E-state index in [-0.39, 0.29) is 0 Å². The Labute approximate surface area is 86.0 Å². The molecule has 0 rings (SSSR count). The van der Waals surface area contributed by atoms with Crippen molar-refractivity contribution in [3.8, 4) is 0 Å². The molecule has 0 spiro atoms. The summed E-state index contributed by atoms with van der Waals surface area (Å²) in [5, 5.41) is 9.98. The standard InChI is InChI=1S/C10H22N2O2/c1-3-4-5-6-7-8-12(14)10(13)9(2)11/h9,14H,3-8,11H2,1-2H3/t9-/m1/s1. The fraction of sp³-hybridized carbons (Fsp3) is 0.900. The zero-order valence-corrected chi connectivity index (χ0v) is 9.20. The maximum absolute atomic E-state index is 11.1. The zero-order chi connectivity index (χ0) is 11.0. The molecule has 84 valence electrons. The van der Waals surface area contributed by atoms with Crippen LogP contribution in [0.25, 0.3) is 0 Å². The molecule has 0 fully saturated rings. The third-order valence-electron chi connectivity index (χ3n) is 2.12. The van der Waals surface area contributed by atoms with Gasteiger partial charge in [-0.2, -0.15) is 0 Å². The van der Waals surface area contributed by atoms with E-state index in [1.807, 2.05) is 0 Å². The second-order valence-corrected chi connectivity index (χ2v) is 3.66. The fourth-order valence-corrected chi connectivity index (χ4v) is 1.21. The molecule has 0 aromatic heterocycles. The van der Waals surface area contributed by atoms with Gasteiger partial charge in [-0.25, -0.2) is 5.06 Å². The van der Waals surface area contributed by atoms with E-state index in [2.05, 4.69) is 6.92 Å². The number of hydroxylamine groups is 2. The Hall–Kier alpha value is -0.610. The van der Waals surface area contributed by atoms with Crippen LogP contribution < -0.4 is 5.73 Å². The van der Waals surface area contributed by atoms with Crippen LogP contribution in [0.15, 0.2) is 0 Å². The lowest BCUT2D eigenvalue weighted by Crippen LogP contribution is -2.40. The lowest BCUT2D eigenvalue weighted by Gasteiger charge is -2.16. The summed E-state index contributed by atoms with van der Waals surface area (Å²) in [5.74, 6) is -0.402. The van der Waals surface area contributed by atoms with E-state index in [4.69, 9.17) is 5.73 Å². The molecule has 0 aromatic rings. The van der Waals surface area contributed by atoms with E-state index >= 15 is 0 Å². The van der Waals surface area contributed by atoms with Crippen molar-refractivity contribution in [1.29, 1.82) is 0 Å². The zero-order valence-electron chi connectivity index (χ0n) is 9.20. The Morgan fingerprint density at radius 3 is 2.43 bits per heavy atom. The number of hydrogen-bond acceptors (Lipinski definition) is 3. The molecule has 0 unspecified atom stereocenters. The topological polar surface area (TPSA) is 66.6 Å². The van der Waals surface area contributed by atoms with Crippen LogP contribution >= 0.6 is 0 Å². The molecule has 0 aliphatic heterocycles. The molecular weight excluding hydrogens is 180 g/mol. The minimum Gasteiger partial charge on any atom is -0.320 e. The van der Waals surface area contributed by atoms with Crippen LogP contribution in [0.4, 0.5) is 0 Å². The first kappa shape index (κ1) is 13.4. The first-order chi connectivity index (χ1) is 6.59. The molecule has 0 saturated carbocycles. The van der Waals surface area contributed by atoms with Crippen molar-refractivity contribution in [1.82, 2.24) is 5.06 Å². The highest BCUT2D eigenvalue weighted by Crippen LogP contribution is 2.03. The van der Waals surface area contributed by atoms with Crippen LogP contribution in [0.1, 0.15) is 46.0 Å². The van der Waals surface area contributed by atoms with E-state index in [0.717, 1.165) is 24.3 Å². The Balaban J connectivity index is 3.44. The molecule has 0 bridgehead atoms. The van der Waals surface area contributed by atoms with Gasteiger partial charge < -0.3 is 5.73 Å². The van der Waals surface area contributed by atoms with Gasteiger partial charge in [0.2, 0.25) is 0 Å². The third kappa shape index (κ3) is 5.94. The molecule has 0 heterocycles. The van der Waals surface area contributed by atoms with Gasteiger partial charge in [-0.1, -0.05) is 32.6 Å². The van der Waals surface area contributed by atoms with E-state index in [0.29, 0.717) is 6.54 Å². The average molecular weight is 202 g/mol. The summed E-state index contributed by atoms with van der Waals surface area (Å²) in [6, 6.07) is -0.615. The summed E-state index contributed by atoms with van der Waals surface area (Å²) < 4.78 is 0. The van der Waals surface area contributed by atoms with Crippen molar-refractivity contribution in [3.05, 3.63) is 0 Å². The molecule has 0 radical (unpaired) electrons. The van der Waals surface area contributed by atoms with Crippen LogP contribution in [0.3, 0.4) is 0 Å². The molecule has 1 amide bonds. The second kappa shape index (κ2) is 7.76. The monoisotopic (exact) mass is 202 g/mol. The van der Waals surface area contributed by atoms with Gasteiger partial charge in [-0.3, -0.25) is 10.0 Å². The highest BCUT2D eigenvalue weighted by Gasteiger charge is 2.14. The summed E-state index contributed by atoms with van der Waals surface area (Å²) in [7, 11) is 0. The smallest absolute Gasteiger partial charge is 0.262 e. The van der Waals surface area contributed by atoms with Crippen LogP contribution in [0, 0.1) is 0 Å². The van der Waals surface area contributed by atoms with Gasteiger partial charge in [0.25, 0.3) is 5.91 Å². The number of rotatable bonds is 7. The highest BCUT2D eigenvalue weighted by atomic mass is 16.5. The van der Waals surface area contributed by atoms with Gasteiger partial charge in [-0.05, 0) is 13.3 Å². The minimum atomic E-state index is -0.615. The first-order valence-corrected chi connectivity index (χ1v) is 5.35. The lowest BCUT2D eigenvalue weighted by molar-refractivity contribution is -0.166. The van der Waals surface area contributed by atoms with E-state index in [1.165, 1.54) is 12.8 Å². The summed E-state index contributed by atoms with van der Waals surface area (Å²) >= 11 is 0. The molecule has 3 N–H and O–H groups in total. The number of nitrogens with zero attached hydrogens (tertiary/aromatic N) is 1. The Bertz CT molecular complexity index is 160. The summed E-state index contributed by atoms with van der Waals surface area (Å²) in [4.78, 5) is 11.1. The number of carbonyl (C=O) groups excluding carboxylic acids is 1. The van der Waals surface area contributed by atoms with Gasteiger partial charge >= 0.3 is 0 Å². The lowest BCUT2D eigenvalue weighted by atomic mass is 10.1. The molecule has 0 aliphatic rings. The quantitative estimate of drug-likeness (QED) is 0.374. The maximum atomic E-state index is 11.1. The molecule has 0 saturated heterocycles. The highest BCUT2D eigenvalue weighted by molar-refractivity contribution is 5.79. The molecule has 14 heavy (non-hydrogen) atoms. The minimum absolute atomic E-state index is 0.393. The van der Waals surface area contributed by atoms with Gasteiger partial charge in [0, 0.05) is 6.54 Å². The SMILES string of the molecule is CCCCCCCN(O)C(=O)[C@@H](C)N. The average Bonchev–Trinajstić information content (AvgIpc) is 2.16. The maximum Gasteiger partial charge on any atom is 0.262 e. The van der Waals surface area contributed by atoms with Crippen LogP contribution in [0.2, 0.25) is 0 Å². The van der Waals surface area contributed by atoms with E-state index < -0.39 is 11.9 Å². The Kier molecular flexibility index (Phi) is 7.42.